The highest BCUT2D eigenvalue weighted by molar-refractivity contribution is 9.10. The van der Waals surface area contributed by atoms with Gasteiger partial charge < -0.3 is 15.2 Å². The predicted molar refractivity (Wildman–Crippen MR) is 80.1 cm³/mol. The van der Waals surface area contributed by atoms with Crippen molar-refractivity contribution < 1.29 is 4.79 Å². The molecule has 1 aliphatic rings. The summed E-state index contributed by atoms with van der Waals surface area (Å²) >= 11 is 3.45. The summed E-state index contributed by atoms with van der Waals surface area (Å²) in [6, 6.07) is 2.07. The number of rotatable bonds is 4. The average molecular weight is 328 g/mol. The highest BCUT2D eigenvalue weighted by Crippen LogP contribution is 2.23. The largest absolute Gasteiger partial charge is 0.342 e. The van der Waals surface area contributed by atoms with Crippen molar-refractivity contribution in [2.24, 2.45) is 11.7 Å². The highest BCUT2D eigenvalue weighted by Gasteiger charge is 2.30. The van der Waals surface area contributed by atoms with Crippen molar-refractivity contribution in [2.75, 3.05) is 13.1 Å². The number of carbonyl (C=O) groups is 1. The fourth-order valence-electron chi connectivity index (χ4n) is 2.64. The predicted octanol–water partition coefficient (Wildman–Crippen LogP) is 2.47. The molecular weight excluding hydrogens is 306 g/mol. The fraction of sp³-hybridized carbons (Fsp3) is 0.643. The van der Waals surface area contributed by atoms with Crippen molar-refractivity contribution in [3.05, 3.63) is 22.4 Å². The molecule has 5 heteroatoms. The molecule has 0 aromatic carbocycles. The van der Waals surface area contributed by atoms with E-state index in [4.69, 9.17) is 5.73 Å². The van der Waals surface area contributed by atoms with E-state index in [0.29, 0.717) is 5.92 Å². The van der Waals surface area contributed by atoms with Crippen LogP contribution in [0, 0.1) is 5.92 Å². The summed E-state index contributed by atoms with van der Waals surface area (Å²) in [6.45, 7) is 6.61. The first-order valence-electron chi connectivity index (χ1n) is 6.93. The van der Waals surface area contributed by atoms with E-state index in [1.54, 1.807) is 0 Å². The maximum atomic E-state index is 12.6. The number of hydrogen-bond acceptors (Lipinski definition) is 2. The molecule has 0 radical (unpaired) electrons. The van der Waals surface area contributed by atoms with Crippen molar-refractivity contribution in [1.82, 2.24) is 9.47 Å². The molecule has 19 heavy (non-hydrogen) atoms. The number of likely N-dealkylation sites (tertiary alicyclic amines) is 1. The van der Waals surface area contributed by atoms with E-state index in [0.717, 1.165) is 42.6 Å². The third kappa shape index (κ3) is 3.20. The van der Waals surface area contributed by atoms with Gasteiger partial charge in [-0.1, -0.05) is 6.92 Å². The van der Waals surface area contributed by atoms with Crippen LogP contribution in [0.2, 0.25) is 0 Å². The Balaban J connectivity index is 2.12. The summed E-state index contributed by atoms with van der Waals surface area (Å²) in [7, 11) is 0. The molecule has 4 nitrogen and oxygen atoms in total. The Kier molecular flexibility index (Phi) is 4.68. The second-order valence-corrected chi connectivity index (χ2v) is 6.31. The number of halogens is 1. The molecule has 1 aromatic heterocycles. The summed E-state index contributed by atoms with van der Waals surface area (Å²) in [5.74, 6) is 0.560. The fourth-order valence-corrected chi connectivity index (χ4v) is 3.11. The van der Waals surface area contributed by atoms with Crippen molar-refractivity contribution in [2.45, 2.75) is 39.3 Å². The summed E-state index contributed by atoms with van der Waals surface area (Å²) in [6.07, 6.45) is 4.01. The summed E-state index contributed by atoms with van der Waals surface area (Å²) in [4.78, 5) is 14.5. The molecule has 0 bridgehead atoms. The Morgan fingerprint density at radius 3 is 2.95 bits per heavy atom. The monoisotopic (exact) mass is 327 g/mol. The molecule has 2 heterocycles. The lowest BCUT2D eigenvalue weighted by atomic mass is 10.0. The van der Waals surface area contributed by atoms with Gasteiger partial charge in [-0.05, 0) is 47.7 Å². The summed E-state index contributed by atoms with van der Waals surface area (Å²) < 4.78 is 3.00. The molecule has 0 aliphatic carbocycles. The van der Waals surface area contributed by atoms with Crippen LogP contribution in [-0.2, 0) is 6.54 Å². The van der Waals surface area contributed by atoms with Gasteiger partial charge in [-0.25, -0.2) is 0 Å². The van der Waals surface area contributed by atoms with Crippen LogP contribution in [0.3, 0.4) is 0 Å². The van der Waals surface area contributed by atoms with E-state index in [1.165, 1.54) is 0 Å². The maximum absolute atomic E-state index is 12.6. The number of carbonyl (C=O) groups excluding carboxylic acids is 1. The van der Waals surface area contributed by atoms with Gasteiger partial charge in [-0.2, -0.15) is 0 Å². The van der Waals surface area contributed by atoms with E-state index < -0.39 is 0 Å². The van der Waals surface area contributed by atoms with Crippen LogP contribution in [0.25, 0.3) is 0 Å². The second-order valence-electron chi connectivity index (χ2n) is 5.40. The van der Waals surface area contributed by atoms with Gasteiger partial charge in [0, 0.05) is 36.3 Å². The van der Waals surface area contributed by atoms with Gasteiger partial charge in [0.1, 0.15) is 5.69 Å². The minimum absolute atomic E-state index is 0.127. The highest BCUT2D eigenvalue weighted by atomic mass is 79.9. The molecule has 0 spiro atoms. The second kappa shape index (κ2) is 6.09. The Labute approximate surface area is 123 Å². The number of amides is 1. The lowest BCUT2D eigenvalue weighted by Gasteiger charge is -2.19. The number of hydrogen-bond donors (Lipinski definition) is 1. The molecule has 2 N–H and O–H groups in total. The van der Waals surface area contributed by atoms with Crippen molar-refractivity contribution >= 4 is 21.8 Å². The molecule has 2 rings (SSSR count). The van der Waals surface area contributed by atoms with E-state index in [9.17, 15) is 4.79 Å². The van der Waals surface area contributed by atoms with E-state index in [-0.39, 0.29) is 11.9 Å². The van der Waals surface area contributed by atoms with Gasteiger partial charge in [-0.15, -0.1) is 0 Å². The van der Waals surface area contributed by atoms with Crippen LogP contribution in [-0.4, -0.2) is 34.5 Å². The number of nitrogens with two attached hydrogens (primary N) is 1. The molecule has 2 unspecified atom stereocenters. The topological polar surface area (TPSA) is 51.3 Å². The molecular formula is C14H22BrN3O. The van der Waals surface area contributed by atoms with Gasteiger partial charge in [0.05, 0.1) is 0 Å². The Morgan fingerprint density at radius 1 is 1.63 bits per heavy atom. The lowest BCUT2D eigenvalue weighted by molar-refractivity contribution is 0.0775. The Morgan fingerprint density at radius 2 is 2.37 bits per heavy atom. The zero-order valence-corrected chi connectivity index (χ0v) is 13.2. The van der Waals surface area contributed by atoms with Gasteiger partial charge in [0.2, 0.25) is 0 Å². The third-order valence-corrected chi connectivity index (χ3v) is 4.24. The Hall–Kier alpha value is -0.810. The SMILES string of the molecule is CCCn1cc(Br)cc1C(=O)N1CCC(C(C)N)C1. The van der Waals surface area contributed by atoms with Crippen molar-refractivity contribution in [3.63, 3.8) is 0 Å². The van der Waals surface area contributed by atoms with Crippen LogP contribution < -0.4 is 5.73 Å². The normalized spacial score (nSPS) is 20.8. The van der Waals surface area contributed by atoms with E-state index in [2.05, 4.69) is 22.9 Å². The standard InChI is InChI=1S/C14H22BrN3O/c1-3-5-17-9-12(15)7-13(17)14(19)18-6-4-11(8-18)10(2)16/h7,9-11H,3-6,8,16H2,1-2H3. The summed E-state index contributed by atoms with van der Waals surface area (Å²) in [5.41, 5.74) is 6.71. The molecule has 1 aliphatic heterocycles. The zero-order valence-electron chi connectivity index (χ0n) is 11.6. The first-order valence-corrected chi connectivity index (χ1v) is 7.72. The number of nitrogens with zero attached hydrogens (tertiary/aromatic N) is 2. The smallest absolute Gasteiger partial charge is 0.270 e. The Bertz CT molecular complexity index is 456. The van der Waals surface area contributed by atoms with Crippen molar-refractivity contribution in [3.8, 4) is 0 Å². The quantitative estimate of drug-likeness (QED) is 0.923. The molecule has 1 amide bonds. The number of aromatic nitrogens is 1. The number of aryl methyl sites for hydroxylation is 1. The van der Waals surface area contributed by atoms with Gasteiger partial charge in [0.15, 0.2) is 0 Å². The van der Waals surface area contributed by atoms with Gasteiger partial charge >= 0.3 is 0 Å². The van der Waals surface area contributed by atoms with Crippen LogP contribution in [0.5, 0.6) is 0 Å². The molecule has 1 aromatic rings. The first-order chi connectivity index (χ1) is 9.02. The van der Waals surface area contributed by atoms with Gasteiger partial charge in [0.25, 0.3) is 5.91 Å². The average Bonchev–Trinajstić information content (AvgIpc) is 2.95. The van der Waals surface area contributed by atoms with Crippen LogP contribution in [0.15, 0.2) is 16.7 Å². The minimum Gasteiger partial charge on any atom is -0.342 e. The van der Waals surface area contributed by atoms with Crippen molar-refractivity contribution in [1.29, 1.82) is 0 Å². The van der Waals surface area contributed by atoms with Gasteiger partial charge in [-0.3, -0.25) is 4.79 Å². The molecule has 2 atom stereocenters. The van der Waals surface area contributed by atoms with Crippen LogP contribution in [0.4, 0.5) is 0 Å². The maximum Gasteiger partial charge on any atom is 0.270 e. The minimum atomic E-state index is 0.127. The van der Waals surface area contributed by atoms with Crippen LogP contribution >= 0.6 is 15.9 Å². The molecule has 0 saturated carbocycles. The van der Waals surface area contributed by atoms with Crippen LogP contribution in [0.1, 0.15) is 37.2 Å². The van der Waals surface area contributed by atoms with E-state index in [1.807, 2.05) is 28.7 Å². The van der Waals surface area contributed by atoms with E-state index >= 15 is 0 Å². The third-order valence-electron chi connectivity index (χ3n) is 3.80. The molecule has 1 saturated heterocycles. The molecule has 106 valence electrons. The first kappa shape index (κ1) is 14.6. The lowest BCUT2D eigenvalue weighted by Crippen LogP contribution is -2.33. The summed E-state index contributed by atoms with van der Waals surface area (Å²) in [5, 5.41) is 0. The zero-order chi connectivity index (χ0) is 14.0. The molecule has 1 fully saturated rings.